The van der Waals surface area contributed by atoms with Gasteiger partial charge >= 0.3 is 5.97 Å². The van der Waals surface area contributed by atoms with Gasteiger partial charge in [-0.2, -0.15) is 0 Å². The zero-order valence-corrected chi connectivity index (χ0v) is 16.5. The largest absolute Gasteiger partial charge is 0.467 e. The SMILES string of the molecule is CC[C@H](C)[C@H](NC(=O)CSc1nnc(NCc2ccco2)s1)C(=O)OC. The van der Waals surface area contributed by atoms with E-state index in [-0.39, 0.29) is 17.6 Å². The zero-order chi connectivity index (χ0) is 18.9. The molecule has 0 aliphatic rings. The molecule has 0 aliphatic carbocycles. The molecular weight excluding hydrogens is 376 g/mol. The number of aromatic nitrogens is 2. The number of anilines is 1. The molecule has 1 amide bonds. The standard InChI is InChI=1S/C16H22N4O4S2/c1-4-10(2)13(14(22)23-3)18-12(21)9-25-16-20-19-15(26-16)17-8-11-6-5-7-24-11/h5-7,10,13H,4,8-9H2,1-3H3,(H,17,19)(H,18,21)/t10-,13-/m0/s1. The Morgan fingerprint density at radius 3 is 2.88 bits per heavy atom. The molecule has 2 heterocycles. The normalized spacial score (nSPS) is 13.0. The molecule has 2 aromatic heterocycles. The molecule has 2 atom stereocenters. The number of carbonyl (C=O) groups is 2. The maximum Gasteiger partial charge on any atom is 0.328 e. The molecule has 8 nitrogen and oxygen atoms in total. The Hall–Kier alpha value is -2.07. The number of thioether (sulfide) groups is 1. The number of nitrogens with zero attached hydrogens (tertiary/aromatic N) is 2. The molecule has 0 aliphatic heterocycles. The summed E-state index contributed by atoms with van der Waals surface area (Å²) in [5.41, 5.74) is 0. The third-order valence-electron chi connectivity index (χ3n) is 3.71. The molecule has 2 rings (SSSR count). The minimum absolute atomic E-state index is 0.00432. The molecule has 2 N–H and O–H groups in total. The Kier molecular flexibility index (Phi) is 7.92. The lowest BCUT2D eigenvalue weighted by Gasteiger charge is -2.21. The predicted octanol–water partition coefficient (Wildman–Crippen LogP) is 2.54. The average molecular weight is 399 g/mol. The Morgan fingerprint density at radius 1 is 1.42 bits per heavy atom. The summed E-state index contributed by atoms with van der Waals surface area (Å²) in [5, 5.41) is 14.6. The summed E-state index contributed by atoms with van der Waals surface area (Å²) in [7, 11) is 1.32. The number of furan rings is 1. The molecular formula is C16H22N4O4S2. The fourth-order valence-corrected chi connectivity index (χ4v) is 3.61. The van der Waals surface area contributed by atoms with Crippen LogP contribution in [0.3, 0.4) is 0 Å². The van der Waals surface area contributed by atoms with Crippen molar-refractivity contribution in [3.8, 4) is 0 Å². The van der Waals surface area contributed by atoms with Crippen LogP contribution in [0.5, 0.6) is 0 Å². The number of carbonyl (C=O) groups excluding carboxylic acids is 2. The van der Waals surface area contributed by atoms with Gasteiger partial charge in [0.15, 0.2) is 4.34 Å². The van der Waals surface area contributed by atoms with Crippen LogP contribution in [-0.2, 0) is 20.9 Å². The monoisotopic (exact) mass is 398 g/mol. The summed E-state index contributed by atoms with van der Waals surface area (Å²) in [6.07, 6.45) is 2.37. The molecule has 0 fully saturated rings. The lowest BCUT2D eigenvalue weighted by Crippen LogP contribution is -2.46. The van der Waals surface area contributed by atoms with Crippen molar-refractivity contribution in [1.29, 1.82) is 0 Å². The van der Waals surface area contributed by atoms with Crippen LogP contribution in [0.15, 0.2) is 27.2 Å². The smallest absolute Gasteiger partial charge is 0.328 e. The number of hydrogen-bond acceptors (Lipinski definition) is 9. The van der Waals surface area contributed by atoms with Gasteiger partial charge < -0.3 is 19.8 Å². The van der Waals surface area contributed by atoms with Crippen molar-refractivity contribution in [3.63, 3.8) is 0 Å². The van der Waals surface area contributed by atoms with Crippen LogP contribution in [-0.4, -0.2) is 41.0 Å². The van der Waals surface area contributed by atoms with Crippen molar-refractivity contribution in [2.45, 2.75) is 37.2 Å². The van der Waals surface area contributed by atoms with Crippen LogP contribution in [0.1, 0.15) is 26.0 Å². The molecule has 26 heavy (non-hydrogen) atoms. The lowest BCUT2D eigenvalue weighted by atomic mass is 9.99. The highest BCUT2D eigenvalue weighted by Crippen LogP contribution is 2.25. The lowest BCUT2D eigenvalue weighted by molar-refractivity contribution is -0.146. The van der Waals surface area contributed by atoms with E-state index in [9.17, 15) is 9.59 Å². The zero-order valence-electron chi connectivity index (χ0n) is 14.9. The number of methoxy groups -OCH3 is 1. The average Bonchev–Trinajstić information content (AvgIpc) is 3.33. The molecule has 0 spiro atoms. The van der Waals surface area contributed by atoms with Gasteiger partial charge in [-0.05, 0) is 18.1 Å². The maximum absolute atomic E-state index is 12.1. The van der Waals surface area contributed by atoms with Crippen LogP contribution in [0.25, 0.3) is 0 Å². The Labute approximate surface area is 160 Å². The van der Waals surface area contributed by atoms with E-state index in [1.807, 2.05) is 26.0 Å². The molecule has 0 unspecified atom stereocenters. The van der Waals surface area contributed by atoms with Crippen molar-refractivity contribution in [1.82, 2.24) is 15.5 Å². The molecule has 0 saturated carbocycles. The highest BCUT2D eigenvalue weighted by atomic mass is 32.2. The van der Waals surface area contributed by atoms with Crippen molar-refractivity contribution in [2.75, 3.05) is 18.2 Å². The van der Waals surface area contributed by atoms with Crippen molar-refractivity contribution in [2.24, 2.45) is 5.92 Å². The van der Waals surface area contributed by atoms with Crippen LogP contribution in [0.2, 0.25) is 0 Å². The summed E-state index contributed by atoms with van der Waals surface area (Å²) >= 11 is 2.62. The summed E-state index contributed by atoms with van der Waals surface area (Å²) in [6.45, 7) is 4.37. The van der Waals surface area contributed by atoms with Gasteiger partial charge in [-0.25, -0.2) is 4.79 Å². The van der Waals surface area contributed by atoms with E-state index in [1.165, 1.54) is 30.2 Å². The molecule has 2 aromatic rings. The van der Waals surface area contributed by atoms with Crippen molar-refractivity contribution < 1.29 is 18.7 Å². The highest BCUT2D eigenvalue weighted by Gasteiger charge is 2.26. The van der Waals surface area contributed by atoms with Crippen LogP contribution >= 0.6 is 23.1 Å². The van der Waals surface area contributed by atoms with E-state index in [0.717, 1.165) is 12.2 Å². The van der Waals surface area contributed by atoms with E-state index in [4.69, 9.17) is 9.15 Å². The van der Waals surface area contributed by atoms with Crippen LogP contribution < -0.4 is 10.6 Å². The van der Waals surface area contributed by atoms with E-state index < -0.39 is 12.0 Å². The number of rotatable bonds is 10. The third-order valence-corrected chi connectivity index (χ3v) is 5.73. The van der Waals surface area contributed by atoms with Crippen LogP contribution in [0.4, 0.5) is 5.13 Å². The van der Waals surface area contributed by atoms with Gasteiger partial charge in [0.05, 0.1) is 25.7 Å². The number of esters is 1. The van der Waals surface area contributed by atoms with Gasteiger partial charge in [0.2, 0.25) is 11.0 Å². The second kappa shape index (κ2) is 10.2. The second-order valence-corrected chi connectivity index (χ2v) is 7.75. The number of nitrogens with one attached hydrogen (secondary N) is 2. The van der Waals surface area contributed by atoms with Gasteiger partial charge in [0, 0.05) is 0 Å². The quantitative estimate of drug-likeness (QED) is 0.464. The van der Waals surface area contributed by atoms with Gasteiger partial charge in [0.25, 0.3) is 0 Å². The molecule has 0 saturated heterocycles. The first-order valence-electron chi connectivity index (χ1n) is 8.13. The maximum atomic E-state index is 12.1. The van der Waals surface area contributed by atoms with Gasteiger partial charge in [-0.3, -0.25) is 4.79 Å². The van der Waals surface area contributed by atoms with E-state index in [0.29, 0.717) is 16.0 Å². The third kappa shape index (κ3) is 6.03. The number of hydrogen-bond donors (Lipinski definition) is 2. The van der Waals surface area contributed by atoms with Crippen LogP contribution in [0, 0.1) is 5.92 Å². The van der Waals surface area contributed by atoms with E-state index >= 15 is 0 Å². The first-order valence-corrected chi connectivity index (χ1v) is 9.93. The van der Waals surface area contributed by atoms with Gasteiger partial charge in [-0.1, -0.05) is 43.4 Å². The molecule has 142 valence electrons. The first kappa shape index (κ1) is 20.2. The topological polar surface area (TPSA) is 106 Å². The molecule has 0 bridgehead atoms. The molecule has 0 radical (unpaired) electrons. The summed E-state index contributed by atoms with van der Waals surface area (Å²) < 4.78 is 10.7. The van der Waals surface area contributed by atoms with E-state index in [1.54, 1.807) is 6.26 Å². The number of amides is 1. The molecule has 10 heteroatoms. The second-order valence-electron chi connectivity index (χ2n) is 5.55. The van der Waals surface area contributed by atoms with Crippen molar-refractivity contribution in [3.05, 3.63) is 24.2 Å². The van der Waals surface area contributed by atoms with E-state index in [2.05, 4.69) is 20.8 Å². The fourth-order valence-electron chi connectivity index (χ4n) is 2.05. The first-order chi connectivity index (χ1) is 12.5. The Bertz CT molecular complexity index is 705. The molecule has 0 aromatic carbocycles. The highest BCUT2D eigenvalue weighted by molar-refractivity contribution is 8.01. The summed E-state index contributed by atoms with van der Waals surface area (Å²) in [6, 6.07) is 3.04. The Morgan fingerprint density at radius 2 is 2.23 bits per heavy atom. The fraction of sp³-hybridized carbons (Fsp3) is 0.500. The minimum Gasteiger partial charge on any atom is -0.467 e. The Balaban J connectivity index is 1.80. The number of ether oxygens (including phenoxy) is 1. The minimum atomic E-state index is -0.641. The van der Waals surface area contributed by atoms with Gasteiger partial charge in [-0.15, -0.1) is 10.2 Å². The summed E-state index contributed by atoms with van der Waals surface area (Å²) in [4.78, 5) is 24.0. The van der Waals surface area contributed by atoms with Crippen molar-refractivity contribution >= 4 is 40.1 Å². The summed E-state index contributed by atoms with van der Waals surface area (Å²) in [5.74, 6) is 0.267. The predicted molar refractivity (Wildman–Crippen MR) is 100 cm³/mol. The van der Waals surface area contributed by atoms with Gasteiger partial charge in [0.1, 0.15) is 11.8 Å².